The molecule has 0 aromatic carbocycles. The van der Waals surface area contributed by atoms with Gasteiger partial charge in [0.1, 0.15) is 0 Å². The molecule has 0 spiro atoms. The average Bonchev–Trinajstić information content (AvgIpc) is 2.47. The Kier molecular flexibility index (Phi) is 2.02. The van der Waals surface area contributed by atoms with Gasteiger partial charge in [0.15, 0.2) is 0 Å². The standard InChI is InChI=1S/C9H18N4/c1-9(2,3)13-5-4-7-8(6-13)11-12-10-7/h7-8H,4-6H2,1-3H3,(H,10,11). The SMILES string of the molecule is CC(C)(C)N1CCC2N=NNC2C1. The van der Waals surface area contributed by atoms with Crippen LogP contribution in [0.15, 0.2) is 10.3 Å². The van der Waals surface area contributed by atoms with Crippen molar-refractivity contribution in [1.82, 2.24) is 10.3 Å². The minimum Gasteiger partial charge on any atom is -0.296 e. The third-order valence-electron chi connectivity index (χ3n) is 2.95. The van der Waals surface area contributed by atoms with Gasteiger partial charge in [0.2, 0.25) is 0 Å². The van der Waals surface area contributed by atoms with Crippen LogP contribution in [0.5, 0.6) is 0 Å². The molecule has 13 heavy (non-hydrogen) atoms. The lowest BCUT2D eigenvalue weighted by atomic mass is 9.95. The zero-order valence-corrected chi connectivity index (χ0v) is 8.62. The van der Waals surface area contributed by atoms with Crippen LogP contribution in [0.4, 0.5) is 0 Å². The monoisotopic (exact) mass is 182 g/mol. The van der Waals surface area contributed by atoms with Crippen LogP contribution in [0.25, 0.3) is 0 Å². The van der Waals surface area contributed by atoms with Crippen molar-refractivity contribution >= 4 is 0 Å². The van der Waals surface area contributed by atoms with Crippen molar-refractivity contribution in [3.63, 3.8) is 0 Å². The van der Waals surface area contributed by atoms with Crippen molar-refractivity contribution < 1.29 is 0 Å². The summed E-state index contributed by atoms with van der Waals surface area (Å²) in [5.41, 5.74) is 3.35. The summed E-state index contributed by atoms with van der Waals surface area (Å²) >= 11 is 0. The van der Waals surface area contributed by atoms with Gasteiger partial charge in [-0.05, 0) is 27.2 Å². The second-order valence-electron chi connectivity index (χ2n) is 4.92. The third kappa shape index (κ3) is 1.68. The third-order valence-corrected chi connectivity index (χ3v) is 2.95. The van der Waals surface area contributed by atoms with Crippen molar-refractivity contribution in [2.24, 2.45) is 10.3 Å². The Hall–Kier alpha value is -0.640. The molecule has 1 saturated heterocycles. The molecule has 2 rings (SSSR count). The summed E-state index contributed by atoms with van der Waals surface area (Å²) in [5, 5.41) is 8.05. The van der Waals surface area contributed by atoms with Gasteiger partial charge in [-0.2, -0.15) is 5.11 Å². The topological polar surface area (TPSA) is 40.0 Å². The molecule has 1 N–H and O–H groups in total. The van der Waals surface area contributed by atoms with Crippen molar-refractivity contribution in [2.75, 3.05) is 13.1 Å². The van der Waals surface area contributed by atoms with E-state index in [0.717, 1.165) is 19.5 Å². The fourth-order valence-corrected chi connectivity index (χ4v) is 2.00. The van der Waals surface area contributed by atoms with Gasteiger partial charge in [-0.3, -0.25) is 10.3 Å². The number of nitrogens with one attached hydrogen (secondary N) is 1. The molecule has 0 radical (unpaired) electrons. The van der Waals surface area contributed by atoms with Gasteiger partial charge in [0.25, 0.3) is 0 Å². The smallest absolute Gasteiger partial charge is 0.0971 e. The molecule has 0 aromatic heterocycles. The summed E-state index contributed by atoms with van der Waals surface area (Å²) in [5.74, 6) is 0. The summed E-state index contributed by atoms with van der Waals surface area (Å²) in [7, 11) is 0. The van der Waals surface area contributed by atoms with E-state index in [2.05, 4.69) is 41.4 Å². The van der Waals surface area contributed by atoms with E-state index in [1.165, 1.54) is 0 Å². The Morgan fingerprint density at radius 1 is 1.38 bits per heavy atom. The molecule has 4 nitrogen and oxygen atoms in total. The minimum absolute atomic E-state index is 0.273. The normalized spacial score (nSPS) is 34.4. The predicted molar refractivity (Wildman–Crippen MR) is 51.5 cm³/mol. The van der Waals surface area contributed by atoms with Crippen molar-refractivity contribution in [2.45, 2.75) is 44.8 Å². The first-order valence-corrected chi connectivity index (χ1v) is 4.98. The number of hydrogen-bond acceptors (Lipinski definition) is 4. The maximum Gasteiger partial charge on any atom is 0.0971 e. The largest absolute Gasteiger partial charge is 0.296 e. The van der Waals surface area contributed by atoms with Gasteiger partial charge >= 0.3 is 0 Å². The Bertz CT molecular complexity index is 218. The molecular formula is C9H18N4. The molecule has 0 aliphatic carbocycles. The molecule has 74 valence electrons. The molecule has 2 heterocycles. The van der Waals surface area contributed by atoms with E-state index < -0.39 is 0 Å². The second-order valence-corrected chi connectivity index (χ2v) is 4.92. The van der Waals surface area contributed by atoms with Crippen LogP contribution in [0.3, 0.4) is 0 Å². The number of hydrogen-bond donors (Lipinski definition) is 1. The highest BCUT2D eigenvalue weighted by atomic mass is 15.5. The highest BCUT2D eigenvalue weighted by Crippen LogP contribution is 2.24. The minimum atomic E-state index is 0.273. The summed E-state index contributed by atoms with van der Waals surface area (Å²) in [6.45, 7) is 9.00. The molecule has 2 atom stereocenters. The van der Waals surface area contributed by atoms with Crippen LogP contribution < -0.4 is 5.43 Å². The van der Waals surface area contributed by atoms with E-state index in [-0.39, 0.29) is 5.54 Å². The summed E-state index contributed by atoms with van der Waals surface area (Å²) < 4.78 is 0. The van der Waals surface area contributed by atoms with E-state index in [9.17, 15) is 0 Å². The highest BCUT2D eigenvalue weighted by Gasteiger charge is 2.36. The Morgan fingerprint density at radius 2 is 2.15 bits per heavy atom. The Labute approximate surface area is 79.4 Å². The fraction of sp³-hybridized carbons (Fsp3) is 1.00. The summed E-state index contributed by atoms with van der Waals surface area (Å²) in [4.78, 5) is 2.50. The summed E-state index contributed by atoms with van der Waals surface area (Å²) in [6.07, 6.45) is 1.14. The highest BCUT2D eigenvalue weighted by molar-refractivity contribution is 4.94. The van der Waals surface area contributed by atoms with E-state index in [4.69, 9.17) is 0 Å². The van der Waals surface area contributed by atoms with Crippen LogP contribution >= 0.6 is 0 Å². The first-order chi connectivity index (χ1) is 6.07. The second kappa shape index (κ2) is 2.94. The van der Waals surface area contributed by atoms with Gasteiger partial charge in [-0.1, -0.05) is 5.22 Å². The van der Waals surface area contributed by atoms with Crippen LogP contribution in [-0.2, 0) is 0 Å². The molecule has 2 aliphatic heterocycles. The molecule has 2 aliphatic rings. The van der Waals surface area contributed by atoms with Crippen LogP contribution in [0.2, 0.25) is 0 Å². The zero-order valence-electron chi connectivity index (χ0n) is 8.62. The molecule has 4 heteroatoms. The first kappa shape index (κ1) is 8.94. The lowest BCUT2D eigenvalue weighted by Gasteiger charge is -2.41. The zero-order chi connectivity index (χ0) is 9.47. The molecule has 0 aromatic rings. The first-order valence-electron chi connectivity index (χ1n) is 4.98. The Balaban J connectivity index is 1.99. The quantitative estimate of drug-likeness (QED) is 0.611. The van der Waals surface area contributed by atoms with Crippen molar-refractivity contribution in [3.8, 4) is 0 Å². The fourth-order valence-electron chi connectivity index (χ4n) is 2.00. The van der Waals surface area contributed by atoms with E-state index in [1.54, 1.807) is 0 Å². The molecule has 0 bridgehead atoms. The maximum atomic E-state index is 4.16. The van der Waals surface area contributed by atoms with Crippen LogP contribution in [-0.4, -0.2) is 35.6 Å². The number of likely N-dealkylation sites (tertiary alicyclic amines) is 1. The van der Waals surface area contributed by atoms with Gasteiger partial charge in [0.05, 0.1) is 12.1 Å². The molecule has 2 unspecified atom stereocenters. The van der Waals surface area contributed by atoms with E-state index in [0.29, 0.717) is 12.1 Å². The molecular weight excluding hydrogens is 164 g/mol. The number of rotatable bonds is 0. The van der Waals surface area contributed by atoms with Gasteiger partial charge in [-0.15, -0.1) is 0 Å². The van der Waals surface area contributed by atoms with Crippen molar-refractivity contribution in [1.29, 1.82) is 0 Å². The van der Waals surface area contributed by atoms with Gasteiger partial charge in [-0.25, -0.2) is 0 Å². The Morgan fingerprint density at radius 3 is 2.85 bits per heavy atom. The molecule has 0 amide bonds. The lowest BCUT2D eigenvalue weighted by molar-refractivity contribution is 0.0896. The summed E-state index contributed by atoms with van der Waals surface area (Å²) in [6, 6.07) is 0.881. The van der Waals surface area contributed by atoms with E-state index in [1.807, 2.05) is 0 Å². The average molecular weight is 182 g/mol. The number of fused-ring (bicyclic) bond motifs is 1. The van der Waals surface area contributed by atoms with Gasteiger partial charge < -0.3 is 0 Å². The van der Waals surface area contributed by atoms with Crippen molar-refractivity contribution in [3.05, 3.63) is 0 Å². The lowest BCUT2D eigenvalue weighted by Crippen LogP contribution is -2.55. The van der Waals surface area contributed by atoms with Crippen LogP contribution in [0, 0.1) is 0 Å². The number of nitrogens with zero attached hydrogens (tertiary/aromatic N) is 3. The van der Waals surface area contributed by atoms with Gasteiger partial charge in [0, 0.05) is 18.6 Å². The predicted octanol–water partition coefficient (Wildman–Crippen LogP) is 1.20. The van der Waals surface area contributed by atoms with Crippen LogP contribution in [0.1, 0.15) is 27.2 Å². The molecule has 1 fully saturated rings. The maximum absolute atomic E-state index is 4.16. The molecule has 0 saturated carbocycles. The number of piperidine rings is 1. The van der Waals surface area contributed by atoms with E-state index >= 15 is 0 Å².